The molecule has 0 unspecified atom stereocenters. The SMILES string of the molecule is CCc1c(C)nn2c(N)c(C#N)c(N(C)CCc3cccn(CC4CC(O)C4)c3=O)nc12. The topological polar surface area (TPSA) is 125 Å². The standard InChI is InChI=1S/C23H29N7O2/c1-4-18-14(2)27-30-20(25)19(12-24)21(26-22(18)30)28(3)9-7-16-6-5-8-29(23(16)32)13-15-10-17(31)11-15/h5-6,8,15,17,31H,4,7,9-11,13,25H2,1-3H3. The predicted octanol–water partition coefficient (Wildman–Crippen LogP) is 1.67. The fourth-order valence-corrected chi connectivity index (χ4v) is 4.45. The number of nitrogens with two attached hydrogens (primary N) is 1. The van der Waals surface area contributed by atoms with Gasteiger partial charge in [-0.25, -0.2) is 4.98 Å². The van der Waals surface area contributed by atoms with Crippen LogP contribution >= 0.6 is 0 Å². The lowest BCUT2D eigenvalue weighted by atomic mass is 9.82. The first-order valence-electron chi connectivity index (χ1n) is 11.0. The molecular weight excluding hydrogens is 406 g/mol. The first kappa shape index (κ1) is 21.8. The second-order valence-corrected chi connectivity index (χ2v) is 8.61. The van der Waals surface area contributed by atoms with Crippen molar-refractivity contribution in [3.05, 3.63) is 51.1 Å². The third-order valence-electron chi connectivity index (χ3n) is 6.39. The number of aliphatic hydroxyl groups excluding tert-OH is 1. The number of rotatable bonds is 7. The van der Waals surface area contributed by atoms with Gasteiger partial charge in [0, 0.05) is 37.5 Å². The van der Waals surface area contributed by atoms with Gasteiger partial charge >= 0.3 is 0 Å². The zero-order valence-corrected chi connectivity index (χ0v) is 18.7. The summed E-state index contributed by atoms with van der Waals surface area (Å²) in [6, 6.07) is 5.89. The fraction of sp³-hybridized carbons (Fsp3) is 0.478. The van der Waals surface area contributed by atoms with Crippen LogP contribution in [0.25, 0.3) is 5.65 Å². The highest BCUT2D eigenvalue weighted by molar-refractivity contribution is 5.70. The molecule has 0 amide bonds. The highest BCUT2D eigenvalue weighted by atomic mass is 16.3. The second kappa shape index (κ2) is 8.63. The number of aromatic nitrogens is 4. The summed E-state index contributed by atoms with van der Waals surface area (Å²) in [4.78, 5) is 19.5. The summed E-state index contributed by atoms with van der Waals surface area (Å²) in [5, 5.41) is 23.7. The van der Waals surface area contributed by atoms with Crippen molar-refractivity contribution in [3.8, 4) is 6.07 Å². The molecule has 1 aliphatic carbocycles. The third kappa shape index (κ3) is 3.82. The molecule has 3 aromatic heterocycles. The van der Waals surface area contributed by atoms with Gasteiger partial charge in [-0.05, 0) is 44.6 Å². The Kier molecular flexibility index (Phi) is 5.89. The molecule has 0 saturated heterocycles. The molecule has 1 fully saturated rings. The number of pyridine rings is 1. The zero-order valence-electron chi connectivity index (χ0n) is 18.7. The second-order valence-electron chi connectivity index (χ2n) is 8.61. The van der Waals surface area contributed by atoms with Crippen LogP contribution in [-0.2, 0) is 19.4 Å². The van der Waals surface area contributed by atoms with Gasteiger partial charge < -0.3 is 20.3 Å². The number of aliphatic hydroxyl groups is 1. The van der Waals surface area contributed by atoms with Crippen LogP contribution in [0.15, 0.2) is 23.1 Å². The minimum Gasteiger partial charge on any atom is -0.393 e. The van der Waals surface area contributed by atoms with E-state index < -0.39 is 0 Å². The van der Waals surface area contributed by atoms with Crippen molar-refractivity contribution >= 4 is 17.3 Å². The van der Waals surface area contributed by atoms with Gasteiger partial charge in [-0.15, -0.1) is 0 Å². The highest BCUT2D eigenvalue weighted by Crippen LogP contribution is 2.28. The van der Waals surface area contributed by atoms with Gasteiger partial charge in [0.25, 0.3) is 5.56 Å². The van der Waals surface area contributed by atoms with Crippen LogP contribution in [-0.4, -0.2) is 44.0 Å². The van der Waals surface area contributed by atoms with Crippen molar-refractivity contribution in [2.45, 2.75) is 52.2 Å². The monoisotopic (exact) mass is 435 g/mol. The average Bonchev–Trinajstić information content (AvgIpc) is 3.08. The van der Waals surface area contributed by atoms with E-state index in [4.69, 9.17) is 10.7 Å². The molecule has 1 aliphatic rings. The van der Waals surface area contributed by atoms with Gasteiger partial charge in [-0.2, -0.15) is 14.9 Å². The predicted molar refractivity (Wildman–Crippen MR) is 123 cm³/mol. The Balaban J connectivity index is 1.58. The number of aryl methyl sites for hydroxylation is 2. The molecule has 1 saturated carbocycles. The van der Waals surface area contributed by atoms with Crippen molar-refractivity contribution in [2.75, 3.05) is 24.2 Å². The summed E-state index contributed by atoms with van der Waals surface area (Å²) in [6.45, 7) is 5.09. The molecule has 3 heterocycles. The number of nitrogens with zero attached hydrogens (tertiary/aromatic N) is 6. The average molecular weight is 436 g/mol. The van der Waals surface area contributed by atoms with E-state index in [9.17, 15) is 15.2 Å². The maximum atomic E-state index is 12.9. The smallest absolute Gasteiger partial charge is 0.253 e. The molecule has 0 aromatic carbocycles. The number of nitrogen functional groups attached to an aromatic ring is 1. The van der Waals surface area contributed by atoms with Crippen LogP contribution in [0.1, 0.15) is 42.1 Å². The largest absolute Gasteiger partial charge is 0.393 e. The lowest BCUT2D eigenvalue weighted by molar-refractivity contribution is 0.0347. The van der Waals surface area contributed by atoms with E-state index >= 15 is 0 Å². The van der Waals surface area contributed by atoms with E-state index in [-0.39, 0.29) is 23.0 Å². The van der Waals surface area contributed by atoms with E-state index in [1.807, 2.05) is 37.9 Å². The van der Waals surface area contributed by atoms with E-state index in [1.165, 1.54) is 4.52 Å². The van der Waals surface area contributed by atoms with Crippen molar-refractivity contribution in [3.63, 3.8) is 0 Å². The molecule has 168 valence electrons. The van der Waals surface area contributed by atoms with Crippen molar-refractivity contribution in [2.24, 2.45) is 5.92 Å². The molecule has 9 heteroatoms. The van der Waals surface area contributed by atoms with Crippen LogP contribution in [0.2, 0.25) is 0 Å². The molecule has 32 heavy (non-hydrogen) atoms. The Morgan fingerprint density at radius 1 is 1.41 bits per heavy atom. The Morgan fingerprint density at radius 3 is 2.81 bits per heavy atom. The van der Waals surface area contributed by atoms with E-state index in [0.717, 1.165) is 30.5 Å². The summed E-state index contributed by atoms with van der Waals surface area (Å²) >= 11 is 0. The van der Waals surface area contributed by atoms with Crippen molar-refractivity contribution < 1.29 is 5.11 Å². The van der Waals surface area contributed by atoms with Crippen LogP contribution in [0.3, 0.4) is 0 Å². The lowest BCUT2D eigenvalue weighted by Crippen LogP contribution is -2.35. The van der Waals surface area contributed by atoms with Crippen molar-refractivity contribution in [1.29, 1.82) is 5.26 Å². The Morgan fingerprint density at radius 2 is 2.16 bits per heavy atom. The number of nitriles is 1. The third-order valence-corrected chi connectivity index (χ3v) is 6.39. The molecule has 0 radical (unpaired) electrons. The molecule has 0 spiro atoms. The number of fused-ring (bicyclic) bond motifs is 1. The molecular formula is C23H29N7O2. The highest BCUT2D eigenvalue weighted by Gasteiger charge is 2.27. The Bertz CT molecular complexity index is 1250. The lowest BCUT2D eigenvalue weighted by Gasteiger charge is -2.31. The van der Waals surface area contributed by atoms with Gasteiger partial charge in [-0.3, -0.25) is 4.79 Å². The minimum atomic E-state index is -0.230. The van der Waals surface area contributed by atoms with Gasteiger partial charge in [0.05, 0.1) is 11.8 Å². The number of likely N-dealkylation sites (N-methyl/N-ethyl adjacent to an activating group) is 1. The summed E-state index contributed by atoms with van der Waals surface area (Å²) < 4.78 is 3.27. The zero-order chi connectivity index (χ0) is 23.0. The molecule has 9 nitrogen and oxygen atoms in total. The minimum absolute atomic E-state index is 0.00888. The number of hydrogen-bond acceptors (Lipinski definition) is 7. The van der Waals surface area contributed by atoms with E-state index in [1.54, 1.807) is 10.8 Å². The molecule has 0 aliphatic heterocycles. The first-order valence-corrected chi connectivity index (χ1v) is 11.0. The quantitative estimate of drug-likeness (QED) is 0.578. The summed E-state index contributed by atoms with van der Waals surface area (Å²) in [5.41, 5.74) is 9.76. The molecule has 0 bridgehead atoms. The summed E-state index contributed by atoms with van der Waals surface area (Å²) in [6.07, 6.45) is 4.35. The van der Waals surface area contributed by atoms with E-state index in [0.29, 0.717) is 42.5 Å². The summed E-state index contributed by atoms with van der Waals surface area (Å²) in [7, 11) is 1.85. The van der Waals surface area contributed by atoms with Gasteiger partial charge in [0.15, 0.2) is 11.5 Å². The van der Waals surface area contributed by atoms with Crippen molar-refractivity contribution in [1.82, 2.24) is 19.2 Å². The molecule has 4 rings (SSSR count). The number of hydrogen-bond donors (Lipinski definition) is 2. The summed E-state index contributed by atoms with van der Waals surface area (Å²) in [5.74, 6) is 1.11. The van der Waals surface area contributed by atoms with E-state index in [2.05, 4.69) is 11.2 Å². The maximum Gasteiger partial charge on any atom is 0.253 e. The van der Waals surface area contributed by atoms with Crippen LogP contribution in [0.4, 0.5) is 11.6 Å². The van der Waals surface area contributed by atoms with Gasteiger partial charge in [0.1, 0.15) is 17.5 Å². The molecule has 0 atom stereocenters. The Hall–Kier alpha value is -3.38. The van der Waals surface area contributed by atoms with Crippen LogP contribution in [0, 0.1) is 24.2 Å². The molecule has 3 aromatic rings. The van der Waals surface area contributed by atoms with Gasteiger partial charge in [0.2, 0.25) is 0 Å². The Labute approximate surface area is 186 Å². The van der Waals surface area contributed by atoms with Gasteiger partial charge in [-0.1, -0.05) is 13.0 Å². The fourth-order valence-electron chi connectivity index (χ4n) is 4.45. The maximum absolute atomic E-state index is 12.9. The normalized spacial score (nSPS) is 17.8. The number of anilines is 2. The van der Waals surface area contributed by atoms with Crippen LogP contribution < -0.4 is 16.2 Å². The molecule has 3 N–H and O–H groups in total. The van der Waals surface area contributed by atoms with Crippen LogP contribution in [0.5, 0.6) is 0 Å². The first-order chi connectivity index (χ1) is 15.3.